The zero-order chi connectivity index (χ0) is 8.10. The van der Waals surface area contributed by atoms with Crippen LogP contribution in [0.5, 0.6) is 5.75 Å². The van der Waals surface area contributed by atoms with Crippen molar-refractivity contribution in [2.45, 2.75) is 0 Å². The van der Waals surface area contributed by atoms with E-state index in [-0.39, 0.29) is 18.9 Å². The van der Waals surface area contributed by atoms with Gasteiger partial charge in [-0.25, -0.2) is 0 Å². The molecular weight excluding hydrogens is 151 g/mol. The van der Waals surface area contributed by atoms with Crippen molar-refractivity contribution in [3.8, 4) is 5.75 Å². The van der Waals surface area contributed by atoms with Crippen LogP contribution in [-0.2, 0) is 4.79 Å². The van der Waals surface area contributed by atoms with Gasteiger partial charge in [-0.3, -0.25) is 4.79 Å². The number of carboxylic acid groups (broad SMARTS) is 1. The number of rotatable bonds is 3. The zero-order valence-corrected chi connectivity index (χ0v) is 6.73. The minimum absolute atomic E-state index is 0. The molecule has 1 aromatic carbocycles. The molecular formula is C8H7LiO3. The second kappa shape index (κ2) is 5.59. The fourth-order valence-corrected chi connectivity index (χ4v) is 0.618. The molecule has 1 N–H and O–H groups in total. The molecule has 58 valence electrons. The van der Waals surface area contributed by atoms with Crippen LogP contribution in [-0.4, -0.2) is 11.1 Å². The topological polar surface area (TPSA) is 46.5 Å². The van der Waals surface area contributed by atoms with Gasteiger partial charge >= 0.3 is 18.9 Å². The Morgan fingerprint density at radius 1 is 1.33 bits per heavy atom. The van der Waals surface area contributed by atoms with Gasteiger partial charge in [0.05, 0.1) is 5.75 Å². The van der Waals surface area contributed by atoms with Crippen molar-refractivity contribution in [1.82, 2.24) is 0 Å². The summed E-state index contributed by atoms with van der Waals surface area (Å²) in [5, 5.41) is 8.19. The van der Waals surface area contributed by atoms with E-state index in [1.165, 1.54) is 0 Å². The van der Waals surface area contributed by atoms with Gasteiger partial charge in [0.2, 0.25) is 0 Å². The van der Waals surface area contributed by atoms with E-state index in [1.54, 1.807) is 24.3 Å². The van der Waals surface area contributed by atoms with E-state index < -0.39 is 5.97 Å². The molecule has 3 nitrogen and oxygen atoms in total. The second-order valence-electron chi connectivity index (χ2n) is 1.89. The van der Waals surface area contributed by atoms with Crippen LogP contribution in [0, 0.1) is 6.61 Å². The average Bonchev–Trinajstić information content (AvgIpc) is 2.03. The van der Waals surface area contributed by atoms with E-state index in [9.17, 15) is 4.79 Å². The van der Waals surface area contributed by atoms with E-state index in [0.717, 1.165) is 6.61 Å². The first-order chi connectivity index (χ1) is 5.29. The van der Waals surface area contributed by atoms with Crippen LogP contribution in [0.3, 0.4) is 0 Å². The van der Waals surface area contributed by atoms with Gasteiger partial charge in [0.25, 0.3) is 0 Å². The van der Waals surface area contributed by atoms with Gasteiger partial charge in [0.1, 0.15) is 0 Å². The van der Waals surface area contributed by atoms with Gasteiger partial charge in [0, 0.05) is 0 Å². The minimum atomic E-state index is -1.09. The quantitative estimate of drug-likeness (QED) is 0.422. The van der Waals surface area contributed by atoms with Crippen molar-refractivity contribution in [3.05, 3.63) is 36.9 Å². The summed E-state index contributed by atoms with van der Waals surface area (Å²) in [4.78, 5) is 9.99. The van der Waals surface area contributed by atoms with Crippen LogP contribution in [0.4, 0.5) is 0 Å². The third kappa shape index (κ3) is 3.97. The maximum atomic E-state index is 9.99. The molecule has 0 aliphatic heterocycles. The summed E-state index contributed by atoms with van der Waals surface area (Å²) in [5.41, 5.74) is 0. The summed E-state index contributed by atoms with van der Waals surface area (Å²) in [5.74, 6) is -0.566. The van der Waals surface area contributed by atoms with Gasteiger partial charge in [-0.2, -0.15) is 0 Å². The number of ether oxygens (including phenoxy) is 1. The molecule has 12 heavy (non-hydrogen) atoms. The van der Waals surface area contributed by atoms with Crippen molar-refractivity contribution >= 4 is 5.97 Å². The molecule has 0 bridgehead atoms. The van der Waals surface area contributed by atoms with E-state index in [2.05, 4.69) is 0 Å². The molecule has 0 saturated heterocycles. The number of para-hydroxylation sites is 1. The van der Waals surface area contributed by atoms with Crippen LogP contribution in [0.2, 0.25) is 0 Å². The van der Waals surface area contributed by atoms with E-state index in [1.807, 2.05) is 6.07 Å². The summed E-state index contributed by atoms with van der Waals surface area (Å²) in [6.45, 7) is 0.745. The van der Waals surface area contributed by atoms with Gasteiger partial charge < -0.3 is 9.84 Å². The summed E-state index contributed by atoms with van der Waals surface area (Å²) in [6.07, 6.45) is 0. The molecule has 0 aliphatic carbocycles. The maximum Gasteiger partial charge on any atom is 1.00 e. The smallest absolute Gasteiger partial charge is 0.633 e. The molecule has 4 heteroatoms. The van der Waals surface area contributed by atoms with Gasteiger partial charge in [-0.05, 0) is 12.1 Å². The van der Waals surface area contributed by atoms with Crippen molar-refractivity contribution in [2.24, 2.45) is 0 Å². The normalized spacial score (nSPS) is 8.00. The van der Waals surface area contributed by atoms with Crippen LogP contribution in [0.1, 0.15) is 0 Å². The van der Waals surface area contributed by atoms with E-state index >= 15 is 0 Å². The van der Waals surface area contributed by atoms with Crippen molar-refractivity contribution in [2.75, 3.05) is 0 Å². The Morgan fingerprint density at radius 3 is 2.42 bits per heavy atom. The number of aliphatic carboxylic acids is 1. The standard InChI is InChI=1S/C8H7O3.Li/c9-8(10)6-11-7-4-2-1-3-5-7;/h1-6H,(H,9,10);/q-1;+1. The Labute approximate surface area is 82.5 Å². The number of hydrogen-bond donors (Lipinski definition) is 1. The molecule has 1 aromatic rings. The molecule has 0 unspecified atom stereocenters. The Hall–Kier alpha value is -1.04. The Kier molecular flexibility index (Phi) is 5.10. The third-order valence-electron chi connectivity index (χ3n) is 1.04. The molecule has 0 radical (unpaired) electrons. The van der Waals surface area contributed by atoms with Gasteiger partial charge in [0.15, 0.2) is 5.97 Å². The molecule has 0 fully saturated rings. The number of benzene rings is 1. The molecule has 0 amide bonds. The van der Waals surface area contributed by atoms with E-state index in [4.69, 9.17) is 9.84 Å². The van der Waals surface area contributed by atoms with Crippen LogP contribution in [0.15, 0.2) is 30.3 Å². The number of carboxylic acids is 1. The summed E-state index contributed by atoms with van der Waals surface area (Å²) in [7, 11) is 0. The van der Waals surface area contributed by atoms with Crippen LogP contribution in [0.25, 0.3) is 0 Å². The molecule has 0 atom stereocenters. The SMILES string of the molecule is O=C(O)[CH-]Oc1ccccc1.[Li+]. The second-order valence-corrected chi connectivity index (χ2v) is 1.89. The van der Waals surface area contributed by atoms with E-state index in [0.29, 0.717) is 5.75 Å². The van der Waals surface area contributed by atoms with Gasteiger partial charge in [-0.15, -0.1) is 6.61 Å². The zero-order valence-electron chi connectivity index (χ0n) is 6.73. The fourth-order valence-electron chi connectivity index (χ4n) is 0.618. The summed E-state index contributed by atoms with van der Waals surface area (Å²) >= 11 is 0. The van der Waals surface area contributed by atoms with Crippen molar-refractivity contribution in [3.63, 3.8) is 0 Å². The third-order valence-corrected chi connectivity index (χ3v) is 1.04. The predicted molar refractivity (Wildman–Crippen MR) is 39.0 cm³/mol. The largest absolute Gasteiger partial charge is 1.00 e. The van der Waals surface area contributed by atoms with Crippen molar-refractivity contribution in [1.29, 1.82) is 0 Å². The van der Waals surface area contributed by atoms with Gasteiger partial charge in [-0.1, -0.05) is 18.2 Å². The molecule has 0 aliphatic rings. The predicted octanol–water partition coefficient (Wildman–Crippen LogP) is -1.68. The Morgan fingerprint density at radius 2 is 1.92 bits per heavy atom. The minimum Gasteiger partial charge on any atom is -0.633 e. The average molecular weight is 158 g/mol. The molecule has 0 spiro atoms. The maximum absolute atomic E-state index is 9.99. The number of hydrogen-bond acceptors (Lipinski definition) is 2. The first-order valence-electron chi connectivity index (χ1n) is 3.07. The molecule has 0 saturated carbocycles. The van der Waals surface area contributed by atoms with Crippen LogP contribution < -0.4 is 23.6 Å². The first-order valence-corrected chi connectivity index (χ1v) is 3.07. The molecule has 0 heterocycles. The summed E-state index contributed by atoms with van der Waals surface area (Å²) in [6, 6.07) is 8.72. The molecule has 1 rings (SSSR count). The first kappa shape index (κ1) is 11.0. The molecule has 0 aromatic heterocycles. The fraction of sp³-hybridized carbons (Fsp3) is 0. The van der Waals surface area contributed by atoms with Crippen molar-refractivity contribution < 1.29 is 33.5 Å². The van der Waals surface area contributed by atoms with Crippen LogP contribution >= 0.6 is 0 Å². The summed E-state index contributed by atoms with van der Waals surface area (Å²) < 4.78 is 4.74. The number of carbonyl (C=O) groups is 1. The Bertz CT molecular complexity index is 235. The monoisotopic (exact) mass is 158 g/mol. The Balaban J connectivity index is 0.00000121.